The molecular formula is C27H21F3. The fraction of sp³-hybridized carbons (Fsp3) is 0.111. The highest BCUT2D eigenvalue weighted by molar-refractivity contribution is 5.73. The molecule has 3 heteroatoms. The highest BCUT2D eigenvalue weighted by atomic mass is 19.2. The number of benzene rings is 4. The van der Waals surface area contributed by atoms with E-state index in [4.69, 9.17) is 0 Å². The van der Waals surface area contributed by atoms with E-state index in [1.165, 1.54) is 11.1 Å². The maximum Gasteiger partial charge on any atom is 0.194 e. The van der Waals surface area contributed by atoms with Crippen molar-refractivity contribution in [2.24, 2.45) is 0 Å². The third-order valence-electron chi connectivity index (χ3n) is 5.25. The van der Waals surface area contributed by atoms with Gasteiger partial charge in [0.25, 0.3) is 0 Å². The predicted octanol–water partition coefficient (Wildman–Crippen LogP) is 8.06. The van der Waals surface area contributed by atoms with Crippen molar-refractivity contribution in [2.75, 3.05) is 0 Å². The van der Waals surface area contributed by atoms with E-state index in [-0.39, 0.29) is 0 Å². The topological polar surface area (TPSA) is 0 Å². The van der Waals surface area contributed by atoms with Crippen LogP contribution in [0.3, 0.4) is 0 Å². The highest BCUT2D eigenvalue weighted by Crippen LogP contribution is 2.29. The van der Waals surface area contributed by atoms with Gasteiger partial charge in [0.2, 0.25) is 0 Å². The Kier molecular flexibility index (Phi) is 5.71. The monoisotopic (exact) mass is 402 g/mol. The molecule has 4 rings (SSSR count). The summed E-state index contributed by atoms with van der Waals surface area (Å²) in [4.78, 5) is 0. The zero-order valence-electron chi connectivity index (χ0n) is 16.6. The first-order valence-electron chi connectivity index (χ1n) is 10.00. The lowest BCUT2D eigenvalue weighted by Crippen LogP contribution is -1.91. The Balaban J connectivity index is 1.55. The maximum atomic E-state index is 13.5. The van der Waals surface area contributed by atoms with Crippen molar-refractivity contribution >= 4 is 0 Å². The molecule has 0 saturated heterocycles. The van der Waals surface area contributed by atoms with Crippen LogP contribution in [0.25, 0.3) is 33.4 Å². The first-order chi connectivity index (χ1) is 14.5. The zero-order valence-corrected chi connectivity index (χ0v) is 16.6. The quantitative estimate of drug-likeness (QED) is 0.296. The van der Waals surface area contributed by atoms with Crippen molar-refractivity contribution in [1.29, 1.82) is 0 Å². The molecule has 4 aromatic carbocycles. The molecule has 0 nitrogen and oxygen atoms in total. The molecule has 0 saturated carbocycles. The van der Waals surface area contributed by atoms with E-state index in [0.717, 1.165) is 41.7 Å². The molecular weight excluding hydrogens is 381 g/mol. The Morgan fingerprint density at radius 2 is 0.833 bits per heavy atom. The van der Waals surface area contributed by atoms with Gasteiger partial charge in [0.15, 0.2) is 17.5 Å². The van der Waals surface area contributed by atoms with Crippen LogP contribution in [0.15, 0.2) is 84.9 Å². The second kappa shape index (κ2) is 8.58. The Morgan fingerprint density at radius 3 is 1.20 bits per heavy atom. The lowest BCUT2D eigenvalue weighted by Gasteiger charge is -2.08. The fourth-order valence-electron chi connectivity index (χ4n) is 3.58. The lowest BCUT2D eigenvalue weighted by atomic mass is 9.97. The van der Waals surface area contributed by atoms with Crippen LogP contribution < -0.4 is 0 Å². The van der Waals surface area contributed by atoms with Crippen LogP contribution in [0, 0.1) is 17.5 Å². The van der Waals surface area contributed by atoms with Crippen LogP contribution in [-0.2, 0) is 6.42 Å². The van der Waals surface area contributed by atoms with E-state index < -0.39 is 17.5 Å². The van der Waals surface area contributed by atoms with Gasteiger partial charge in [0.1, 0.15) is 0 Å². The number of hydrogen-bond acceptors (Lipinski definition) is 0. The van der Waals surface area contributed by atoms with E-state index in [2.05, 4.69) is 55.5 Å². The highest BCUT2D eigenvalue weighted by Gasteiger charge is 2.11. The predicted molar refractivity (Wildman–Crippen MR) is 117 cm³/mol. The van der Waals surface area contributed by atoms with E-state index in [1.54, 1.807) is 12.1 Å². The Morgan fingerprint density at radius 1 is 0.500 bits per heavy atom. The molecule has 150 valence electrons. The molecule has 0 heterocycles. The third kappa shape index (κ3) is 4.16. The first kappa shape index (κ1) is 20.0. The summed E-state index contributed by atoms with van der Waals surface area (Å²) in [6, 6.07) is 26.3. The van der Waals surface area contributed by atoms with Crippen molar-refractivity contribution in [1.82, 2.24) is 0 Å². The van der Waals surface area contributed by atoms with Crippen molar-refractivity contribution in [2.45, 2.75) is 19.8 Å². The molecule has 0 atom stereocenters. The molecule has 0 radical (unpaired) electrons. The van der Waals surface area contributed by atoms with E-state index >= 15 is 0 Å². The second-order valence-electron chi connectivity index (χ2n) is 7.36. The summed E-state index contributed by atoms with van der Waals surface area (Å²) in [5.41, 5.74) is 6.64. The standard InChI is InChI=1S/C27H21F3/c1-2-3-18-4-6-19(7-5-18)20-8-10-21(11-9-20)22-12-14-23(15-13-22)24-16-25(28)27(30)26(29)17-24/h4-17H,2-3H2,1H3. The van der Waals surface area contributed by atoms with Gasteiger partial charge in [-0.15, -0.1) is 0 Å². The molecule has 0 unspecified atom stereocenters. The van der Waals surface area contributed by atoms with Gasteiger partial charge in [0, 0.05) is 0 Å². The maximum absolute atomic E-state index is 13.5. The molecule has 30 heavy (non-hydrogen) atoms. The Bertz CT molecular complexity index is 1120. The molecule has 0 amide bonds. The Hall–Kier alpha value is -3.33. The molecule has 0 spiro atoms. The number of rotatable bonds is 5. The minimum atomic E-state index is -1.45. The first-order valence-corrected chi connectivity index (χ1v) is 10.00. The smallest absolute Gasteiger partial charge is 0.194 e. The minimum Gasteiger partial charge on any atom is -0.204 e. The Labute approximate surface area is 174 Å². The average molecular weight is 402 g/mol. The molecule has 0 fully saturated rings. The van der Waals surface area contributed by atoms with Crippen molar-refractivity contribution < 1.29 is 13.2 Å². The van der Waals surface area contributed by atoms with Gasteiger partial charge in [-0.1, -0.05) is 86.1 Å². The van der Waals surface area contributed by atoms with E-state index in [0.29, 0.717) is 11.1 Å². The summed E-state index contributed by atoms with van der Waals surface area (Å²) < 4.78 is 40.2. The summed E-state index contributed by atoms with van der Waals surface area (Å²) in [5, 5.41) is 0. The summed E-state index contributed by atoms with van der Waals surface area (Å²) in [6.07, 6.45) is 2.23. The summed E-state index contributed by atoms with van der Waals surface area (Å²) in [6.45, 7) is 2.18. The summed E-state index contributed by atoms with van der Waals surface area (Å²) in [5.74, 6) is -3.82. The van der Waals surface area contributed by atoms with Crippen molar-refractivity contribution in [3.8, 4) is 33.4 Å². The number of aryl methyl sites for hydroxylation is 1. The summed E-state index contributed by atoms with van der Waals surface area (Å²) in [7, 11) is 0. The largest absolute Gasteiger partial charge is 0.204 e. The average Bonchev–Trinajstić information content (AvgIpc) is 2.78. The normalized spacial score (nSPS) is 10.9. The van der Waals surface area contributed by atoms with E-state index in [9.17, 15) is 13.2 Å². The van der Waals surface area contributed by atoms with Gasteiger partial charge < -0.3 is 0 Å². The molecule has 4 aromatic rings. The fourth-order valence-corrected chi connectivity index (χ4v) is 3.58. The SMILES string of the molecule is CCCc1ccc(-c2ccc(-c3ccc(-c4cc(F)c(F)c(F)c4)cc3)cc2)cc1. The van der Waals surface area contributed by atoms with Crippen LogP contribution in [0.1, 0.15) is 18.9 Å². The van der Waals surface area contributed by atoms with Gasteiger partial charge in [-0.05, 0) is 57.5 Å². The van der Waals surface area contributed by atoms with Gasteiger partial charge in [-0.25, -0.2) is 13.2 Å². The van der Waals surface area contributed by atoms with Crippen molar-refractivity contribution in [3.05, 3.63) is 108 Å². The molecule has 0 N–H and O–H groups in total. The molecule has 0 aliphatic heterocycles. The molecule has 0 aliphatic carbocycles. The van der Waals surface area contributed by atoms with Crippen LogP contribution >= 0.6 is 0 Å². The number of hydrogen-bond donors (Lipinski definition) is 0. The molecule has 0 aliphatic rings. The van der Waals surface area contributed by atoms with Crippen LogP contribution in [0.5, 0.6) is 0 Å². The second-order valence-corrected chi connectivity index (χ2v) is 7.36. The van der Waals surface area contributed by atoms with Gasteiger partial charge in [-0.2, -0.15) is 0 Å². The summed E-state index contributed by atoms with van der Waals surface area (Å²) >= 11 is 0. The van der Waals surface area contributed by atoms with Gasteiger partial charge in [-0.3, -0.25) is 0 Å². The molecule has 0 aromatic heterocycles. The van der Waals surface area contributed by atoms with Gasteiger partial charge >= 0.3 is 0 Å². The third-order valence-corrected chi connectivity index (χ3v) is 5.25. The van der Waals surface area contributed by atoms with E-state index in [1.807, 2.05) is 12.1 Å². The van der Waals surface area contributed by atoms with Crippen LogP contribution in [-0.4, -0.2) is 0 Å². The van der Waals surface area contributed by atoms with Crippen LogP contribution in [0.2, 0.25) is 0 Å². The zero-order chi connectivity index (χ0) is 21.1. The van der Waals surface area contributed by atoms with Crippen molar-refractivity contribution in [3.63, 3.8) is 0 Å². The van der Waals surface area contributed by atoms with Gasteiger partial charge in [0.05, 0.1) is 0 Å². The number of halogens is 3. The molecule has 0 bridgehead atoms. The lowest BCUT2D eigenvalue weighted by molar-refractivity contribution is 0.448. The minimum absolute atomic E-state index is 0.305. The van der Waals surface area contributed by atoms with Crippen LogP contribution in [0.4, 0.5) is 13.2 Å².